The maximum atomic E-state index is 5.33. The van der Waals surface area contributed by atoms with Crippen molar-refractivity contribution in [2.45, 2.75) is 32.7 Å². The molecule has 0 saturated carbocycles. The molecule has 0 fully saturated rings. The number of aromatic nitrogens is 2. The molecule has 0 saturated heterocycles. The summed E-state index contributed by atoms with van der Waals surface area (Å²) in [5, 5.41) is 7.82. The SMILES string of the molecule is CCCNC(c1cccc(OC)c1)c1snnc1CC. The number of methoxy groups -OCH3 is 1. The Morgan fingerprint density at radius 1 is 1.35 bits per heavy atom. The van der Waals surface area contributed by atoms with E-state index in [-0.39, 0.29) is 6.04 Å². The molecule has 5 heteroatoms. The molecule has 1 unspecified atom stereocenters. The van der Waals surface area contributed by atoms with E-state index in [1.165, 1.54) is 22.0 Å². The summed E-state index contributed by atoms with van der Waals surface area (Å²) in [6.45, 7) is 5.24. The Morgan fingerprint density at radius 2 is 2.20 bits per heavy atom. The molecule has 1 N–H and O–H groups in total. The number of nitrogens with zero attached hydrogens (tertiary/aromatic N) is 2. The van der Waals surface area contributed by atoms with Crippen LogP contribution in [0.2, 0.25) is 0 Å². The summed E-state index contributed by atoms with van der Waals surface area (Å²) in [5.74, 6) is 0.876. The highest BCUT2D eigenvalue weighted by Gasteiger charge is 2.20. The summed E-state index contributed by atoms with van der Waals surface area (Å²) in [6.07, 6.45) is 1.99. The summed E-state index contributed by atoms with van der Waals surface area (Å²) >= 11 is 1.48. The predicted molar refractivity (Wildman–Crippen MR) is 82.4 cm³/mol. The zero-order valence-electron chi connectivity index (χ0n) is 12.2. The lowest BCUT2D eigenvalue weighted by Gasteiger charge is -2.18. The van der Waals surface area contributed by atoms with Crippen LogP contribution in [0.5, 0.6) is 5.75 Å². The van der Waals surface area contributed by atoms with Gasteiger partial charge in [0.15, 0.2) is 0 Å². The molecule has 0 aliphatic rings. The molecule has 2 rings (SSSR count). The molecule has 0 amide bonds. The highest BCUT2D eigenvalue weighted by atomic mass is 32.1. The van der Waals surface area contributed by atoms with Crippen LogP contribution in [-0.2, 0) is 6.42 Å². The Labute approximate surface area is 124 Å². The molecule has 4 nitrogen and oxygen atoms in total. The van der Waals surface area contributed by atoms with Crippen LogP contribution in [0.3, 0.4) is 0 Å². The highest BCUT2D eigenvalue weighted by Crippen LogP contribution is 2.29. The van der Waals surface area contributed by atoms with Gasteiger partial charge < -0.3 is 10.1 Å². The van der Waals surface area contributed by atoms with Gasteiger partial charge in [0.2, 0.25) is 0 Å². The number of hydrogen-bond acceptors (Lipinski definition) is 5. The molecule has 2 aromatic rings. The minimum absolute atomic E-state index is 0.139. The lowest BCUT2D eigenvalue weighted by atomic mass is 10.0. The van der Waals surface area contributed by atoms with Crippen LogP contribution >= 0.6 is 11.5 Å². The molecule has 1 aromatic carbocycles. The first-order chi connectivity index (χ1) is 9.80. The van der Waals surface area contributed by atoms with E-state index in [0.717, 1.165) is 30.8 Å². The smallest absolute Gasteiger partial charge is 0.119 e. The fraction of sp³-hybridized carbons (Fsp3) is 0.467. The van der Waals surface area contributed by atoms with Crippen molar-refractivity contribution < 1.29 is 4.74 Å². The van der Waals surface area contributed by atoms with Gasteiger partial charge in [-0.1, -0.05) is 30.5 Å². The minimum Gasteiger partial charge on any atom is -0.497 e. The molecule has 0 spiro atoms. The second kappa shape index (κ2) is 7.36. The molecule has 0 aliphatic carbocycles. The first-order valence-electron chi connectivity index (χ1n) is 6.98. The maximum absolute atomic E-state index is 5.33. The summed E-state index contributed by atoms with van der Waals surface area (Å²) in [6, 6.07) is 8.32. The number of ether oxygens (including phenoxy) is 1. The van der Waals surface area contributed by atoms with Crippen LogP contribution in [0.1, 0.15) is 42.4 Å². The number of benzene rings is 1. The summed E-state index contributed by atoms with van der Waals surface area (Å²) in [7, 11) is 1.69. The number of rotatable bonds is 7. The average Bonchev–Trinajstić information content (AvgIpc) is 2.96. The van der Waals surface area contributed by atoms with Crippen LogP contribution in [0.4, 0.5) is 0 Å². The lowest BCUT2D eigenvalue weighted by Crippen LogP contribution is -2.23. The van der Waals surface area contributed by atoms with Gasteiger partial charge in [-0.15, -0.1) is 5.10 Å². The van der Waals surface area contributed by atoms with Crippen molar-refractivity contribution >= 4 is 11.5 Å². The molecule has 1 aromatic heterocycles. The van der Waals surface area contributed by atoms with Gasteiger partial charge in [-0.25, -0.2) is 0 Å². The monoisotopic (exact) mass is 291 g/mol. The Morgan fingerprint density at radius 3 is 2.90 bits per heavy atom. The Balaban J connectivity index is 2.36. The molecule has 20 heavy (non-hydrogen) atoms. The first kappa shape index (κ1) is 14.9. The van der Waals surface area contributed by atoms with Gasteiger partial charge in [0.05, 0.1) is 23.7 Å². The molecule has 0 radical (unpaired) electrons. The van der Waals surface area contributed by atoms with Crippen molar-refractivity contribution in [3.05, 3.63) is 40.4 Å². The third kappa shape index (κ3) is 3.35. The zero-order valence-corrected chi connectivity index (χ0v) is 13.0. The van der Waals surface area contributed by atoms with E-state index >= 15 is 0 Å². The van der Waals surface area contributed by atoms with Gasteiger partial charge >= 0.3 is 0 Å². The maximum Gasteiger partial charge on any atom is 0.119 e. The van der Waals surface area contributed by atoms with Gasteiger partial charge in [-0.05, 0) is 48.6 Å². The quantitative estimate of drug-likeness (QED) is 0.851. The minimum atomic E-state index is 0.139. The van der Waals surface area contributed by atoms with Crippen LogP contribution in [0.25, 0.3) is 0 Å². The highest BCUT2D eigenvalue weighted by molar-refractivity contribution is 7.05. The number of nitrogens with one attached hydrogen (secondary N) is 1. The molecule has 1 heterocycles. The van der Waals surface area contributed by atoms with Crippen molar-refractivity contribution in [1.29, 1.82) is 0 Å². The number of aryl methyl sites for hydroxylation is 1. The van der Waals surface area contributed by atoms with E-state index in [9.17, 15) is 0 Å². The molecular weight excluding hydrogens is 270 g/mol. The van der Waals surface area contributed by atoms with E-state index in [1.807, 2.05) is 12.1 Å². The van der Waals surface area contributed by atoms with Crippen LogP contribution in [-0.4, -0.2) is 23.2 Å². The van der Waals surface area contributed by atoms with Gasteiger partial charge in [-0.3, -0.25) is 0 Å². The van der Waals surface area contributed by atoms with Crippen molar-refractivity contribution in [3.63, 3.8) is 0 Å². The Kier molecular flexibility index (Phi) is 5.49. The molecular formula is C15H21N3OS. The van der Waals surface area contributed by atoms with Crippen LogP contribution < -0.4 is 10.1 Å². The molecule has 1 atom stereocenters. The largest absolute Gasteiger partial charge is 0.497 e. The lowest BCUT2D eigenvalue weighted by molar-refractivity contribution is 0.413. The molecule has 108 valence electrons. The second-order valence-corrected chi connectivity index (χ2v) is 5.39. The summed E-state index contributed by atoms with van der Waals surface area (Å²) < 4.78 is 9.44. The topological polar surface area (TPSA) is 47.0 Å². The zero-order chi connectivity index (χ0) is 14.4. The van der Waals surface area contributed by atoms with E-state index in [4.69, 9.17) is 4.74 Å². The molecule has 0 bridgehead atoms. The fourth-order valence-corrected chi connectivity index (χ4v) is 2.99. The van der Waals surface area contributed by atoms with Crippen molar-refractivity contribution in [2.75, 3.05) is 13.7 Å². The van der Waals surface area contributed by atoms with E-state index in [0.29, 0.717) is 0 Å². The van der Waals surface area contributed by atoms with Crippen LogP contribution in [0, 0.1) is 0 Å². The third-order valence-electron chi connectivity index (χ3n) is 3.21. The predicted octanol–water partition coefficient (Wildman–Crippen LogP) is 3.20. The summed E-state index contributed by atoms with van der Waals surface area (Å²) in [4.78, 5) is 1.20. The normalized spacial score (nSPS) is 12.3. The third-order valence-corrected chi connectivity index (χ3v) is 4.04. The Hall–Kier alpha value is -1.46. The first-order valence-corrected chi connectivity index (χ1v) is 7.75. The average molecular weight is 291 g/mol. The van der Waals surface area contributed by atoms with E-state index in [1.54, 1.807) is 7.11 Å². The van der Waals surface area contributed by atoms with Crippen molar-refractivity contribution in [3.8, 4) is 5.75 Å². The van der Waals surface area contributed by atoms with E-state index < -0.39 is 0 Å². The van der Waals surface area contributed by atoms with Crippen molar-refractivity contribution in [2.24, 2.45) is 0 Å². The standard InChI is InChI=1S/C15H21N3OS/c1-4-9-16-14(15-13(5-2)17-18-20-15)11-7-6-8-12(10-11)19-3/h6-8,10,14,16H,4-5,9H2,1-3H3. The van der Waals surface area contributed by atoms with Gasteiger partial charge in [-0.2, -0.15) is 0 Å². The summed E-state index contributed by atoms with van der Waals surface area (Å²) in [5.41, 5.74) is 2.27. The van der Waals surface area contributed by atoms with Gasteiger partial charge in [0.1, 0.15) is 5.75 Å². The fourth-order valence-electron chi connectivity index (χ4n) is 2.15. The molecule has 0 aliphatic heterocycles. The Bertz CT molecular complexity index is 541. The number of hydrogen-bond donors (Lipinski definition) is 1. The second-order valence-electron chi connectivity index (χ2n) is 4.60. The van der Waals surface area contributed by atoms with Crippen LogP contribution in [0.15, 0.2) is 24.3 Å². The van der Waals surface area contributed by atoms with Gasteiger partial charge in [0, 0.05) is 0 Å². The van der Waals surface area contributed by atoms with E-state index in [2.05, 4.69) is 40.9 Å². The van der Waals surface area contributed by atoms with Gasteiger partial charge in [0.25, 0.3) is 0 Å². The van der Waals surface area contributed by atoms with Crippen molar-refractivity contribution in [1.82, 2.24) is 14.9 Å².